The third-order valence-corrected chi connectivity index (χ3v) is 2.91. The Morgan fingerprint density at radius 1 is 1.32 bits per heavy atom. The highest BCUT2D eigenvalue weighted by Gasteiger charge is 2.25. The van der Waals surface area contributed by atoms with E-state index in [1.54, 1.807) is 0 Å². The minimum Gasteiger partial charge on any atom is -0.454 e. The Morgan fingerprint density at radius 2 is 2.09 bits per heavy atom. The van der Waals surface area contributed by atoms with Crippen LogP contribution < -0.4 is 10.6 Å². The van der Waals surface area contributed by atoms with Crippen LogP contribution in [0.5, 0.6) is 0 Å². The van der Waals surface area contributed by atoms with Crippen LogP contribution in [0.3, 0.4) is 0 Å². The van der Waals surface area contributed by atoms with Gasteiger partial charge in [-0.3, -0.25) is 10.1 Å². The minimum atomic E-state index is -0.914. The standard InChI is InChI=1S/C14H15FN2O5/c15-9-4-1-2-5-10(9)16-14(20)17-12(18)8-22-13(19)11-6-3-7-21-11/h1-2,4-5,11H,3,6-8H2,(H2,16,17,18,20)/t11-/m1/s1. The number of amides is 3. The maximum absolute atomic E-state index is 13.3. The molecule has 8 heteroatoms. The molecule has 2 N–H and O–H groups in total. The monoisotopic (exact) mass is 310 g/mol. The summed E-state index contributed by atoms with van der Waals surface area (Å²) in [6, 6.07) is 4.60. The number of anilines is 1. The molecule has 0 aliphatic carbocycles. The largest absolute Gasteiger partial charge is 0.454 e. The molecular formula is C14H15FN2O5. The van der Waals surface area contributed by atoms with Gasteiger partial charge >= 0.3 is 12.0 Å². The maximum atomic E-state index is 13.3. The zero-order valence-electron chi connectivity index (χ0n) is 11.6. The van der Waals surface area contributed by atoms with Crippen LogP contribution in [0.2, 0.25) is 0 Å². The van der Waals surface area contributed by atoms with Gasteiger partial charge in [-0.2, -0.15) is 0 Å². The second-order valence-corrected chi connectivity index (χ2v) is 4.59. The molecule has 1 heterocycles. The molecule has 1 saturated heterocycles. The Hall–Kier alpha value is -2.48. The number of urea groups is 1. The molecule has 118 valence electrons. The Morgan fingerprint density at radius 3 is 2.77 bits per heavy atom. The summed E-state index contributed by atoms with van der Waals surface area (Å²) in [5.41, 5.74) is -0.0656. The third kappa shape index (κ3) is 4.52. The van der Waals surface area contributed by atoms with Gasteiger partial charge in [0.25, 0.3) is 5.91 Å². The molecule has 0 radical (unpaired) electrons. The smallest absolute Gasteiger partial charge is 0.335 e. The van der Waals surface area contributed by atoms with Crippen molar-refractivity contribution in [1.29, 1.82) is 0 Å². The third-order valence-electron chi connectivity index (χ3n) is 2.91. The molecule has 7 nitrogen and oxygen atoms in total. The van der Waals surface area contributed by atoms with Gasteiger partial charge in [-0.15, -0.1) is 0 Å². The number of imide groups is 1. The first-order valence-electron chi connectivity index (χ1n) is 6.70. The van der Waals surface area contributed by atoms with Gasteiger partial charge in [0, 0.05) is 6.61 Å². The van der Waals surface area contributed by atoms with Gasteiger partial charge in [-0.05, 0) is 25.0 Å². The van der Waals surface area contributed by atoms with Crippen molar-refractivity contribution in [2.45, 2.75) is 18.9 Å². The molecule has 1 aromatic carbocycles. The van der Waals surface area contributed by atoms with E-state index < -0.39 is 36.4 Å². The van der Waals surface area contributed by atoms with Crippen molar-refractivity contribution in [2.75, 3.05) is 18.5 Å². The lowest BCUT2D eigenvalue weighted by molar-refractivity contribution is -0.157. The first-order chi connectivity index (χ1) is 10.6. The molecular weight excluding hydrogens is 295 g/mol. The summed E-state index contributed by atoms with van der Waals surface area (Å²) in [5.74, 6) is -2.09. The number of nitrogens with one attached hydrogen (secondary N) is 2. The van der Waals surface area contributed by atoms with Crippen molar-refractivity contribution in [1.82, 2.24) is 5.32 Å². The van der Waals surface area contributed by atoms with Crippen LogP contribution >= 0.6 is 0 Å². The number of benzene rings is 1. The van der Waals surface area contributed by atoms with Crippen molar-refractivity contribution < 1.29 is 28.2 Å². The number of esters is 1. The predicted octanol–water partition coefficient (Wildman–Crippen LogP) is 1.20. The molecule has 2 rings (SSSR count). The van der Waals surface area contributed by atoms with Crippen molar-refractivity contribution in [3.63, 3.8) is 0 Å². The van der Waals surface area contributed by atoms with E-state index in [4.69, 9.17) is 9.47 Å². The zero-order chi connectivity index (χ0) is 15.9. The first kappa shape index (κ1) is 15.9. The topological polar surface area (TPSA) is 93.7 Å². The molecule has 1 aromatic rings. The van der Waals surface area contributed by atoms with E-state index in [1.165, 1.54) is 24.3 Å². The average Bonchev–Trinajstić information content (AvgIpc) is 3.01. The van der Waals surface area contributed by atoms with Gasteiger partial charge in [0.1, 0.15) is 5.82 Å². The molecule has 0 spiro atoms. The number of carbonyl (C=O) groups is 3. The summed E-state index contributed by atoms with van der Waals surface area (Å²) in [5, 5.41) is 4.10. The number of hydrogen-bond donors (Lipinski definition) is 2. The van der Waals surface area contributed by atoms with E-state index in [2.05, 4.69) is 5.32 Å². The summed E-state index contributed by atoms with van der Waals surface area (Å²) in [7, 11) is 0. The van der Waals surface area contributed by atoms with Crippen LogP contribution in [-0.2, 0) is 19.1 Å². The molecule has 0 bridgehead atoms. The van der Waals surface area contributed by atoms with Crippen LogP contribution in [-0.4, -0.2) is 37.2 Å². The minimum absolute atomic E-state index is 0.0656. The van der Waals surface area contributed by atoms with Crippen LogP contribution in [0.4, 0.5) is 14.9 Å². The molecule has 0 saturated carbocycles. The molecule has 3 amide bonds. The van der Waals surface area contributed by atoms with Crippen LogP contribution in [0, 0.1) is 5.82 Å². The molecule has 1 aliphatic rings. The summed E-state index contributed by atoms with van der Waals surface area (Å²) in [4.78, 5) is 34.5. The highest BCUT2D eigenvalue weighted by Crippen LogP contribution is 2.13. The number of ether oxygens (including phenoxy) is 2. The number of hydrogen-bond acceptors (Lipinski definition) is 5. The average molecular weight is 310 g/mol. The number of para-hydroxylation sites is 1. The summed E-state index contributed by atoms with van der Waals surface area (Å²) in [6.45, 7) is -0.125. The summed E-state index contributed by atoms with van der Waals surface area (Å²) in [6.07, 6.45) is 0.658. The lowest BCUT2D eigenvalue weighted by Gasteiger charge is -2.10. The molecule has 22 heavy (non-hydrogen) atoms. The summed E-state index contributed by atoms with van der Waals surface area (Å²) >= 11 is 0. The van der Waals surface area contributed by atoms with E-state index in [0.717, 1.165) is 6.42 Å². The zero-order valence-corrected chi connectivity index (χ0v) is 11.6. The van der Waals surface area contributed by atoms with Crippen molar-refractivity contribution in [3.8, 4) is 0 Å². The molecule has 0 unspecified atom stereocenters. The molecule has 1 atom stereocenters. The van der Waals surface area contributed by atoms with E-state index in [0.29, 0.717) is 13.0 Å². The highest BCUT2D eigenvalue weighted by atomic mass is 19.1. The van der Waals surface area contributed by atoms with Gasteiger partial charge in [-0.1, -0.05) is 12.1 Å². The highest BCUT2D eigenvalue weighted by molar-refractivity contribution is 6.01. The fourth-order valence-corrected chi connectivity index (χ4v) is 1.87. The second-order valence-electron chi connectivity index (χ2n) is 4.59. The molecule has 0 aromatic heterocycles. The Labute approximate surface area is 125 Å². The van der Waals surface area contributed by atoms with Crippen molar-refractivity contribution in [3.05, 3.63) is 30.1 Å². The predicted molar refractivity (Wildman–Crippen MR) is 73.5 cm³/mol. The van der Waals surface area contributed by atoms with Crippen molar-refractivity contribution in [2.24, 2.45) is 0 Å². The number of halogens is 1. The maximum Gasteiger partial charge on any atom is 0.335 e. The fourth-order valence-electron chi connectivity index (χ4n) is 1.87. The van der Waals surface area contributed by atoms with E-state index in [1.807, 2.05) is 5.32 Å². The SMILES string of the molecule is O=C(COC(=O)[C@H]1CCCO1)NC(=O)Nc1ccccc1F. The van der Waals surface area contributed by atoms with E-state index >= 15 is 0 Å². The Kier molecular flexibility index (Phi) is 5.42. The molecule has 1 aliphatic heterocycles. The second kappa shape index (κ2) is 7.51. The van der Waals surface area contributed by atoms with Crippen LogP contribution in [0.15, 0.2) is 24.3 Å². The number of rotatable bonds is 4. The lowest BCUT2D eigenvalue weighted by Crippen LogP contribution is -2.38. The first-order valence-corrected chi connectivity index (χ1v) is 6.70. The van der Waals surface area contributed by atoms with Crippen LogP contribution in [0.1, 0.15) is 12.8 Å². The lowest BCUT2D eigenvalue weighted by atomic mass is 10.2. The van der Waals surface area contributed by atoms with Gasteiger partial charge in [0.2, 0.25) is 0 Å². The van der Waals surface area contributed by atoms with Crippen molar-refractivity contribution >= 4 is 23.6 Å². The van der Waals surface area contributed by atoms with Gasteiger partial charge in [0.05, 0.1) is 5.69 Å². The van der Waals surface area contributed by atoms with Gasteiger partial charge < -0.3 is 14.8 Å². The quantitative estimate of drug-likeness (QED) is 0.815. The normalized spacial score (nSPS) is 16.9. The van der Waals surface area contributed by atoms with Gasteiger partial charge in [-0.25, -0.2) is 14.0 Å². The Balaban J connectivity index is 1.73. The van der Waals surface area contributed by atoms with E-state index in [-0.39, 0.29) is 5.69 Å². The summed E-state index contributed by atoms with van der Waals surface area (Å²) < 4.78 is 23.1. The van der Waals surface area contributed by atoms with Gasteiger partial charge in [0.15, 0.2) is 12.7 Å². The number of carbonyl (C=O) groups excluding carboxylic acids is 3. The van der Waals surface area contributed by atoms with Crippen LogP contribution in [0.25, 0.3) is 0 Å². The Bertz CT molecular complexity index is 572. The van der Waals surface area contributed by atoms with E-state index in [9.17, 15) is 18.8 Å². The fraction of sp³-hybridized carbons (Fsp3) is 0.357. The molecule has 1 fully saturated rings.